The average molecular weight is 400 g/mol. The van der Waals surface area contributed by atoms with Crippen LogP contribution in [0.2, 0.25) is 5.02 Å². The van der Waals surface area contributed by atoms with E-state index in [1.54, 1.807) is 36.9 Å². The second-order valence-corrected chi connectivity index (χ2v) is 7.68. The van der Waals surface area contributed by atoms with Crippen LogP contribution in [0.3, 0.4) is 0 Å². The molecule has 6 nitrogen and oxygen atoms in total. The highest BCUT2D eigenvalue weighted by Crippen LogP contribution is 2.35. The first kappa shape index (κ1) is 20.0. The summed E-state index contributed by atoms with van der Waals surface area (Å²) in [5.74, 6) is -0.141. The molecule has 0 unspecified atom stereocenters. The van der Waals surface area contributed by atoms with Gasteiger partial charge in [0.15, 0.2) is 0 Å². The Kier molecular flexibility index (Phi) is 5.52. The van der Waals surface area contributed by atoms with E-state index < -0.39 is 10.5 Å². The number of aliphatic imine (C=N–C) groups is 1. The number of nitro benzene ring substituents is 1. The van der Waals surface area contributed by atoms with E-state index in [1.165, 1.54) is 12.1 Å². The number of nitrogens with zero attached hydrogens (tertiary/aromatic N) is 3. The van der Waals surface area contributed by atoms with Crippen LogP contribution < -0.4 is 4.90 Å². The third-order valence-electron chi connectivity index (χ3n) is 4.76. The number of benzene rings is 2. The number of anilines is 1. The molecule has 1 heterocycles. The summed E-state index contributed by atoms with van der Waals surface area (Å²) >= 11 is 6.42. The van der Waals surface area contributed by atoms with Crippen molar-refractivity contribution in [2.45, 2.75) is 39.2 Å². The third-order valence-corrected chi connectivity index (χ3v) is 5.09. The molecule has 0 bridgehead atoms. The summed E-state index contributed by atoms with van der Waals surface area (Å²) in [5, 5.41) is 11.9. The fraction of sp³-hybridized carbons (Fsp3) is 0.333. The molecule has 7 heteroatoms. The van der Waals surface area contributed by atoms with Gasteiger partial charge in [0, 0.05) is 34.8 Å². The summed E-state index contributed by atoms with van der Waals surface area (Å²) in [5.41, 5.74) is 1.20. The minimum absolute atomic E-state index is 0.0545. The van der Waals surface area contributed by atoms with Crippen LogP contribution in [0.25, 0.3) is 0 Å². The van der Waals surface area contributed by atoms with E-state index in [0.29, 0.717) is 34.1 Å². The van der Waals surface area contributed by atoms with Gasteiger partial charge in [-0.3, -0.25) is 19.9 Å². The van der Waals surface area contributed by atoms with E-state index in [4.69, 9.17) is 16.6 Å². The molecule has 0 aliphatic carbocycles. The second kappa shape index (κ2) is 7.72. The maximum atomic E-state index is 13.3. The lowest BCUT2D eigenvalue weighted by Crippen LogP contribution is -2.44. The second-order valence-electron chi connectivity index (χ2n) is 7.27. The van der Waals surface area contributed by atoms with E-state index in [2.05, 4.69) is 6.92 Å². The smallest absolute Gasteiger partial charge is 0.270 e. The van der Waals surface area contributed by atoms with Crippen molar-refractivity contribution in [3.05, 3.63) is 68.7 Å². The van der Waals surface area contributed by atoms with E-state index >= 15 is 0 Å². The zero-order chi connectivity index (χ0) is 20.5. The number of non-ortho nitro benzene ring substituents is 1. The van der Waals surface area contributed by atoms with Crippen molar-refractivity contribution in [3.8, 4) is 0 Å². The molecule has 0 fully saturated rings. The molecule has 1 aliphatic rings. The number of rotatable bonds is 5. The summed E-state index contributed by atoms with van der Waals surface area (Å²) < 4.78 is 0. The highest BCUT2D eigenvalue weighted by molar-refractivity contribution is 6.36. The van der Waals surface area contributed by atoms with Crippen LogP contribution in [0.5, 0.6) is 0 Å². The van der Waals surface area contributed by atoms with Crippen LogP contribution in [0, 0.1) is 10.1 Å². The van der Waals surface area contributed by atoms with Gasteiger partial charge in [0.05, 0.1) is 16.3 Å². The quantitative estimate of drug-likeness (QED) is 0.523. The van der Waals surface area contributed by atoms with Crippen LogP contribution in [-0.2, 0) is 4.79 Å². The molecule has 0 atom stereocenters. The third kappa shape index (κ3) is 3.64. The van der Waals surface area contributed by atoms with Gasteiger partial charge < -0.3 is 4.90 Å². The average Bonchev–Trinajstić information content (AvgIpc) is 2.74. The Hall–Kier alpha value is -2.73. The van der Waals surface area contributed by atoms with Crippen molar-refractivity contribution < 1.29 is 9.72 Å². The van der Waals surface area contributed by atoms with Crippen molar-refractivity contribution in [2.24, 2.45) is 4.99 Å². The Labute approximate surface area is 169 Å². The summed E-state index contributed by atoms with van der Waals surface area (Å²) in [4.78, 5) is 30.6. The molecule has 2 aromatic carbocycles. The highest BCUT2D eigenvalue weighted by Gasteiger charge is 2.38. The maximum Gasteiger partial charge on any atom is 0.270 e. The first-order chi connectivity index (χ1) is 13.3. The van der Waals surface area contributed by atoms with Crippen molar-refractivity contribution in [1.82, 2.24) is 0 Å². The predicted molar refractivity (Wildman–Crippen MR) is 112 cm³/mol. The zero-order valence-electron chi connectivity index (χ0n) is 16.1. The van der Waals surface area contributed by atoms with E-state index in [9.17, 15) is 14.9 Å². The van der Waals surface area contributed by atoms with E-state index in [0.717, 1.165) is 12.8 Å². The molecule has 28 heavy (non-hydrogen) atoms. The monoisotopic (exact) mass is 399 g/mol. The summed E-state index contributed by atoms with van der Waals surface area (Å²) in [6.07, 6.45) is 1.74. The van der Waals surface area contributed by atoms with Gasteiger partial charge in [-0.05, 0) is 32.4 Å². The minimum Gasteiger partial charge on any atom is -0.310 e. The van der Waals surface area contributed by atoms with Gasteiger partial charge >= 0.3 is 0 Å². The number of fused-ring (bicyclic) bond motifs is 1. The zero-order valence-corrected chi connectivity index (χ0v) is 16.9. The van der Waals surface area contributed by atoms with Gasteiger partial charge in [-0.1, -0.05) is 43.1 Å². The summed E-state index contributed by atoms with van der Waals surface area (Å²) in [6.45, 7) is 6.08. The number of hydrogen-bond donors (Lipinski definition) is 0. The van der Waals surface area contributed by atoms with Crippen LogP contribution in [0.15, 0.2) is 47.5 Å². The fourth-order valence-electron chi connectivity index (χ4n) is 3.29. The number of carbonyl (C=O) groups is 1. The van der Waals surface area contributed by atoms with Gasteiger partial charge in [0.1, 0.15) is 5.54 Å². The Morgan fingerprint density at radius 1 is 1.18 bits per heavy atom. The standard InChI is InChI=1S/C21H22ClN3O3/c1-4-5-12-24-18-11-10-14(25(27)28)13-16(18)19(23-21(2,3)20(24)26)15-8-6-7-9-17(15)22/h6-11,13H,4-5,12H2,1-3H3. The molecule has 0 spiro atoms. The molecule has 0 N–H and O–H groups in total. The first-order valence-electron chi connectivity index (χ1n) is 9.22. The Morgan fingerprint density at radius 2 is 1.89 bits per heavy atom. The molecular formula is C21H22ClN3O3. The van der Waals surface area contributed by atoms with Crippen LogP contribution in [0.4, 0.5) is 11.4 Å². The van der Waals surface area contributed by atoms with Gasteiger partial charge in [-0.25, -0.2) is 0 Å². The predicted octanol–water partition coefficient (Wildman–Crippen LogP) is 5.01. The summed E-state index contributed by atoms with van der Waals surface area (Å²) in [6, 6.07) is 11.7. The Morgan fingerprint density at radius 3 is 2.54 bits per heavy atom. The molecule has 1 aliphatic heterocycles. The topological polar surface area (TPSA) is 75.8 Å². The number of nitro groups is 1. The van der Waals surface area contributed by atoms with Crippen LogP contribution >= 0.6 is 11.6 Å². The van der Waals surface area contributed by atoms with Crippen molar-refractivity contribution in [1.29, 1.82) is 0 Å². The SMILES string of the molecule is CCCCN1C(=O)C(C)(C)N=C(c2ccccc2Cl)c2cc([N+](=O)[O-])ccc21. The normalized spacial score (nSPS) is 15.6. The van der Waals surface area contributed by atoms with Crippen molar-refractivity contribution >= 4 is 34.6 Å². The van der Waals surface area contributed by atoms with Gasteiger partial charge in [-0.2, -0.15) is 0 Å². The first-order valence-corrected chi connectivity index (χ1v) is 9.59. The maximum absolute atomic E-state index is 13.3. The highest BCUT2D eigenvalue weighted by atomic mass is 35.5. The molecule has 0 saturated heterocycles. The lowest BCUT2D eigenvalue weighted by molar-refractivity contribution is -0.384. The number of hydrogen-bond acceptors (Lipinski definition) is 4. The number of carbonyl (C=O) groups excluding carboxylic acids is 1. The van der Waals surface area contributed by atoms with Gasteiger partial charge in [0.2, 0.25) is 0 Å². The summed E-state index contributed by atoms with van der Waals surface area (Å²) in [7, 11) is 0. The van der Waals surface area contributed by atoms with Gasteiger partial charge in [0.25, 0.3) is 11.6 Å². The molecular weight excluding hydrogens is 378 g/mol. The number of amides is 1. The largest absolute Gasteiger partial charge is 0.310 e. The molecule has 0 saturated carbocycles. The van der Waals surface area contributed by atoms with E-state index in [1.807, 2.05) is 12.1 Å². The fourth-order valence-corrected chi connectivity index (χ4v) is 3.51. The Balaban J connectivity index is 2.32. The number of unbranched alkanes of at least 4 members (excludes halogenated alkanes) is 1. The molecule has 0 radical (unpaired) electrons. The molecule has 146 valence electrons. The lowest BCUT2D eigenvalue weighted by Gasteiger charge is -2.28. The lowest BCUT2D eigenvalue weighted by atomic mass is 9.99. The molecule has 3 rings (SSSR count). The van der Waals surface area contributed by atoms with Crippen LogP contribution in [0.1, 0.15) is 44.7 Å². The van der Waals surface area contributed by atoms with Crippen molar-refractivity contribution in [2.75, 3.05) is 11.4 Å². The van der Waals surface area contributed by atoms with Crippen molar-refractivity contribution in [3.63, 3.8) is 0 Å². The molecule has 1 amide bonds. The minimum atomic E-state index is -1.03. The number of benzodiazepines with no additional fused rings is 1. The van der Waals surface area contributed by atoms with Gasteiger partial charge in [-0.15, -0.1) is 0 Å². The Bertz CT molecular complexity index is 969. The number of halogens is 1. The molecule has 2 aromatic rings. The van der Waals surface area contributed by atoms with E-state index in [-0.39, 0.29) is 11.6 Å². The van der Waals surface area contributed by atoms with Crippen LogP contribution in [-0.4, -0.2) is 28.6 Å². The molecule has 0 aromatic heterocycles.